The van der Waals surface area contributed by atoms with Gasteiger partial charge in [-0.1, -0.05) is 24.3 Å². The maximum Gasteiger partial charge on any atom is 0.354 e. The van der Waals surface area contributed by atoms with Crippen molar-refractivity contribution >= 4 is 34.3 Å². The highest BCUT2D eigenvalue weighted by Gasteiger charge is 2.41. The molecule has 0 atom stereocenters. The fourth-order valence-corrected chi connectivity index (χ4v) is 3.01. The SMILES string of the molecule is CSC1(CNc2nc(C(=O)O)cc3ccccc23)CC1. The van der Waals surface area contributed by atoms with E-state index in [2.05, 4.69) is 16.6 Å². The summed E-state index contributed by atoms with van der Waals surface area (Å²) in [5.41, 5.74) is 0.0835. The van der Waals surface area contributed by atoms with Gasteiger partial charge >= 0.3 is 5.97 Å². The minimum Gasteiger partial charge on any atom is -0.477 e. The van der Waals surface area contributed by atoms with Crippen LogP contribution in [0.15, 0.2) is 30.3 Å². The Morgan fingerprint density at radius 3 is 2.85 bits per heavy atom. The van der Waals surface area contributed by atoms with E-state index in [9.17, 15) is 4.79 Å². The van der Waals surface area contributed by atoms with E-state index in [-0.39, 0.29) is 5.69 Å². The molecule has 2 N–H and O–H groups in total. The highest BCUT2D eigenvalue weighted by atomic mass is 32.2. The molecule has 20 heavy (non-hydrogen) atoms. The van der Waals surface area contributed by atoms with Crippen LogP contribution in [0.25, 0.3) is 10.8 Å². The van der Waals surface area contributed by atoms with E-state index in [1.165, 1.54) is 12.8 Å². The van der Waals surface area contributed by atoms with Crippen LogP contribution in [0.3, 0.4) is 0 Å². The number of pyridine rings is 1. The molecule has 3 rings (SSSR count). The van der Waals surface area contributed by atoms with Gasteiger partial charge in [0.1, 0.15) is 5.82 Å². The normalized spacial score (nSPS) is 16.1. The van der Waals surface area contributed by atoms with E-state index in [1.54, 1.807) is 6.07 Å². The number of anilines is 1. The summed E-state index contributed by atoms with van der Waals surface area (Å²) in [6.45, 7) is 0.828. The molecule has 1 aromatic heterocycles. The molecule has 1 aliphatic carbocycles. The molecule has 1 fully saturated rings. The highest BCUT2D eigenvalue weighted by molar-refractivity contribution is 8.00. The summed E-state index contributed by atoms with van der Waals surface area (Å²) in [5.74, 6) is -0.328. The summed E-state index contributed by atoms with van der Waals surface area (Å²) in [4.78, 5) is 15.4. The number of hydrogen-bond donors (Lipinski definition) is 2. The van der Waals surface area contributed by atoms with E-state index in [4.69, 9.17) is 5.11 Å². The fraction of sp³-hybridized carbons (Fsp3) is 0.333. The largest absolute Gasteiger partial charge is 0.477 e. The summed E-state index contributed by atoms with van der Waals surface area (Å²) in [6, 6.07) is 9.34. The number of benzene rings is 1. The molecular weight excluding hydrogens is 272 g/mol. The second kappa shape index (κ2) is 4.98. The maximum absolute atomic E-state index is 11.2. The molecule has 1 heterocycles. The van der Waals surface area contributed by atoms with Gasteiger partial charge in [0.15, 0.2) is 5.69 Å². The number of fused-ring (bicyclic) bond motifs is 1. The van der Waals surface area contributed by atoms with E-state index < -0.39 is 5.97 Å². The monoisotopic (exact) mass is 288 g/mol. The van der Waals surface area contributed by atoms with Gasteiger partial charge in [0, 0.05) is 16.7 Å². The number of aromatic nitrogens is 1. The smallest absolute Gasteiger partial charge is 0.354 e. The lowest BCUT2D eigenvalue weighted by Crippen LogP contribution is -2.18. The van der Waals surface area contributed by atoms with Gasteiger partial charge in [-0.25, -0.2) is 9.78 Å². The Hall–Kier alpha value is -1.75. The number of carboxylic acids is 1. The number of nitrogens with one attached hydrogen (secondary N) is 1. The number of carbonyl (C=O) groups is 1. The summed E-state index contributed by atoms with van der Waals surface area (Å²) >= 11 is 1.87. The number of carboxylic acid groups (broad SMARTS) is 1. The van der Waals surface area contributed by atoms with Gasteiger partial charge in [-0.3, -0.25) is 0 Å². The molecule has 0 unspecified atom stereocenters. The Kier molecular flexibility index (Phi) is 3.30. The second-order valence-electron chi connectivity index (χ2n) is 5.12. The van der Waals surface area contributed by atoms with Crippen LogP contribution in [0.4, 0.5) is 5.82 Å². The van der Waals surface area contributed by atoms with Crippen molar-refractivity contribution in [3.8, 4) is 0 Å². The summed E-state index contributed by atoms with van der Waals surface area (Å²) in [7, 11) is 0. The Morgan fingerprint density at radius 2 is 2.20 bits per heavy atom. The molecule has 0 spiro atoms. The van der Waals surface area contributed by atoms with Crippen molar-refractivity contribution in [2.75, 3.05) is 18.1 Å². The molecule has 1 saturated carbocycles. The number of aromatic carboxylic acids is 1. The Balaban J connectivity index is 1.97. The number of thioether (sulfide) groups is 1. The van der Waals surface area contributed by atoms with Crippen LogP contribution in [-0.2, 0) is 0 Å². The first-order valence-corrected chi connectivity index (χ1v) is 7.78. The van der Waals surface area contributed by atoms with Crippen LogP contribution in [-0.4, -0.2) is 33.6 Å². The zero-order chi connectivity index (χ0) is 14.2. The minimum atomic E-state index is -0.996. The molecule has 1 aliphatic rings. The molecule has 0 amide bonds. The zero-order valence-corrected chi connectivity index (χ0v) is 12.0. The Labute approximate surface area is 121 Å². The van der Waals surface area contributed by atoms with E-state index in [0.29, 0.717) is 10.6 Å². The quantitative estimate of drug-likeness (QED) is 0.884. The summed E-state index contributed by atoms with van der Waals surface area (Å²) in [5, 5.41) is 14.4. The number of rotatable bonds is 5. The molecule has 2 aromatic rings. The number of hydrogen-bond acceptors (Lipinski definition) is 4. The predicted molar refractivity (Wildman–Crippen MR) is 82.7 cm³/mol. The maximum atomic E-state index is 11.2. The van der Waals surface area contributed by atoms with Crippen LogP contribution in [0.2, 0.25) is 0 Å². The van der Waals surface area contributed by atoms with Gasteiger partial charge in [-0.05, 0) is 30.6 Å². The number of nitrogens with zero attached hydrogens (tertiary/aromatic N) is 1. The van der Waals surface area contributed by atoms with Gasteiger partial charge in [0.25, 0.3) is 0 Å². The van der Waals surface area contributed by atoms with Crippen molar-refractivity contribution in [3.63, 3.8) is 0 Å². The summed E-state index contributed by atoms with van der Waals surface area (Å²) in [6.07, 6.45) is 4.53. The van der Waals surface area contributed by atoms with Crippen molar-refractivity contribution in [2.24, 2.45) is 0 Å². The topological polar surface area (TPSA) is 62.2 Å². The van der Waals surface area contributed by atoms with Crippen molar-refractivity contribution in [1.82, 2.24) is 4.98 Å². The molecule has 4 nitrogen and oxygen atoms in total. The first-order chi connectivity index (χ1) is 9.63. The van der Waals surface area contributed by atoms with E-state index in [1.807, 2.05) is 36.0 Å². The van der Waals surface area contributed by atoms with Crippen LogP contribution < -0.4 is 5.32 Å². The van der Waals surface area contributed by atoms with Crippen molar-refractivity contribution in [1.29, 1.82) is 0 Å². The lowest BCUT2D eigenvalue weighted by atomic mass is 10.1. The lowest BCUT2D eigenvalue weighted by molar-refractivity contribution is 0.0691. The van der Waals surface area contributed by atoms with Gasteiger partial charge in [-0.15, -0.1) is 0 Å². The van der Waals surface area contributed by atoms with Crippen molar-refractivity contribution in [2.45, 2.75) is 17.6 Å². The average molecular weight is 288 g/mol. The zero-order valence-electron chi connectivity index (χ0n) is 11.2. The molecule has 104 valence electrons. The molecule has 0 radical (unpaired) electrons. The van der Waals surface area contributed by atoms with Crippen LogP contribution in [0.5, 0.6) is 0 Å². The van der Waals surface area contributed by atoms with Gasteiger partial charge < -0.3 is 10.4 Å². The third-order valence-electron chi connectivity index (χ3n) is 3.78. The summed E-state index contributed by atoms with van der Waals surface area (Å²) < 4.78 is 0.308. The molecular formula is C15H16N2O2S. The standard InChI is InChI=1S/C15H16N2O2S/c1-20-15(6-7-15)9-16-13-11-5-3-2-4-10(11)8-12(17-13)14(18)19/h2-5,8H,6-7,9H2,1H3,(H,16,17)(H,18,19). The van der Waals surface area contributed by atoms with Crippen LogP contribution in [0, 0.1) is 0 Å². The fourth-order valence-electron chi connectivity index (χ4n) is 2.28. The third kappa shape index (κ3) is 2.45. The molecule has 0 bridgehead atoms. The molecule has 0 saturated heterocycles. The lowest BCUT2D eigenvalue weighted by Gasteiger charge is -2.15. The first kappa shape index (κ1) is 13.2. The Bertz CT molecular complexity index is 668. The second-order valence-corrected chi connectivity index (χ2v) is 6.40. The molecule has 1 aromatic carbocycles. The average Bonchev–Trinajstić information content (AvgIpc) is 3.25. The minimum absolute atomic E-state index is 0.0835. The van der Waals surface area contributed by atoms with Crippen LogP contribution in [0.1, 0.15) is 23.3 Å². The van der Waals surface area contributed by atoms with Gasteiger partial charge in [-0.2, -0.15) is 11.8 Å². The highest BCUT2D eigenvalue weighted by Crippen LogP contribution is 2.47. The molecule has 5 heteroatoms. The first-order valence-electron chi connectivity index (χ1n) is 6.56. The van der Waals surface area contributed by atoms with E-state index in [0.717, 1.165) is 17.3 Å². The van der Waals surface area contributed by atoms with Crippen molar-refractivity contribution in [3.05, 3.63) is 36.0 Å². The Morgan fingerprint density at radius 1 is 1.45 bits per heavy atom. The van der Waals surface area contributed by atoms with Gasteiger partial charge in [0.2, 0.25) is 0 Å². The third-order valence-corrected chi connectivity index (χ3v) is 5.20. The van der Waals surface area contributed by atoms with Crippen LogP contribution >= 0.6 is 11.8 Å². The van der Waals surface area contributed by atoms with Crippen molar-refractivity contribution < 1.29 is 9.90 Å². The predicted octanol–water partition coefficient (Wildman–Crippen LogP) is 3.24. The van der Waals surface area contributed by atoms with Gasteiger partial charge in [0.05, 0.1) is 0 Å². The molecule has 0 aliphatic heterocycles. The van der Waals surface area contributed by atoms with E-state index >= 15 is 0 Å².